The Hall–Kier alpha value is -4.96. The van der Waals surface area contributed by atoms with Crippen molar-refractivity contribution in [2.45, 2.75) is 46.2 Å². The number of fused-ring (bicyclic) bond motifs is 2. The van der Waals surface area contributed by atoms with Crippen molar-refractivity contribution < 1.29 is 4.79 Å². The molecule has 6 rings (SSSR count). The molecule has 216 valence electrons. The van der Waals surface area contributed by atoms with E-state index in [0.29, 0.717) is 31.4 Å². The maximum Gasteiger partial charge on any atom is 0.229 e. The summed E-state index contributed by atoms with van der Waals surface area (Å²) in [5.74, 6) is 1.37. The first-order valence-corrected chi connectivity index (χ1v) is 15.0. The monoisotopic (exact) mass is 588 g/mol. The van der Waals surface area contributed by atoms with Gasteiger partial charge in [0.05, 0.1) is 23.4 Å². The number of carbonyl (C=O) groups excluding carboxylic acids is 1. The predicted molar refractivity (Wildman–Crippen MR) is 172 cm³/mol. The van der Waals surface area contributed by atoms with Crippen LogP contribution in [0.15, 0.2) is 79.8 Å². The van der Waals surface area contributed by atoms with Crippen molar-refractivity contribution in [3.8, 4) is 11.3 Å². The summed E-state index contributed by atoms with van der Waals surface area (Å²) >= 11 is 1.65. The Balaban J connectivity index is 1.32. The van der Waals surface area contributed by atoms with Crippen LogP contribution < -0.4 is 10.6 Å². The molecule has 4 aromatic heterocycles. The van der Waals surface area contributed by atoms with Crippen LogP contribution in [0.3, 0.4) is 0 Å². The molecule has 0 saturated heterocycles. The third-order valence-corrected chi connectivity index (χ3v) is 8.16. The first-order valence-electron chi connectivity index (χ1n) is 14.2. The summed E-state index contributed by atoms with van der Waals surface area (Å²) in [7, 11) is 0. The van der Waals surface area contributed by atoms with E-state index in [1.807, 2.05) is 61.9 Å². The van der Waals surface area contributed by atoms with Gasteiger partial charge >= 0.3 is 0 Å². The average molecular weight is 589 g/mol. The molecule has 0 spiro atoms. The second-order valence-corrected chi connectivity index (χ2v) is 12.0. The molecule has 0 fully saturated rings. The number of pyridine rings is 1. The SMILES string of the molecule is C=CC(=O)Cc1ccc2c(-c3ccccc3CNc3nc(NCc4cnc(C)s4)nc4c(C(C)C)cnn34)nccc2c1. The second kappa shape index (κ2) is 12.1. The second-order valence-electron chi connectivity index (χ2n) is 10.6. The van der Waals surface area contributed by atoms with E-state index in [0.717, 1.165) is 54.3 Å². The zero-order valence-corrected chi connectivity index (χ0v) is 25.2. The highest BCUT2D eigenvalue weighted by Gasteiger charge is 2.17. The van der Waals surface area contributed by atoms with E-state index in [2.05, 4.69) is 53.3 Å². The quantitative estimate of drug-likeness (QED) is 0.160. The number of benzene rings is 2. The van der Waals surface area contributed by atoms with Crippen molar-refractivity contribution in [3.63, 3.8) is 0 Å². The Morgan fingerprint density at radius 1 is 1.05 bits per heavy atom. The van der Waals surface area contributed by atoms with Crippen molar-refractivity contribution in [1.29, 1.82) is 0 Å². The van der Waals surface area contributed by atoms with Gasteiger partial charge < -0.3 is 10.6 Å². The van der Waals surface area contributed by atoms with Crippen LogP contribution in [0.2, 0.25) is 0 Å². The minimum absolute atomic E-state index is 0.00133. The Bertz CT molecular complexity index is 1960. The summed E-state index contributed by atoms with van der Waals surface area (Å²) in [6, 6.07) is 16.3. The minimum atomic E-state index is -0.00133. The largest absolute Gasteiger partial charge is 0.350 e. The van der Waals surface area contributed by atoms with Gasteiger partial charge in [0.25, 0.3) is 0 Å². The van der Waals surface area contributed by atoms with Gasteiger partial charge in [-0.1, -0.05) is 62.9 Å². The van der Waals surface area contributed by atoms with Gasteiger partial charge in [-0.3, -0.25) is 9.78 Å². The highest BCUT2D eigenvalue weighted by Crippen LogP contribution is 2.31. The van der Waals surface area contributed by atoms with Crippen LogP contribution in [0, 0.1) is 6.92 Å². The first-order chi connectivity index (χ1) is 20.9. The molecule has 43 heavy (non-hydrogen) atoms. The van der Waals surface area contributed by atoms with Crippen molar-refractivity contribution >= 4 is 45.4 Å². The summed E-state index contributed by atoms with van der Waals surface area (Å²) in [5, 5.41) is 14.6. The summed E-state index contributed by atoms with van der Waals surface area (Å²) in [4.78, 5) is 31.8. The molecule has 0 radical (unpaired) electrons. The molecular formula is C33H32N8OS. The standard InChI is InChI=1S/C33H32N8OS/c1-5-25(42)15-22-10-11-28-23(14-22)12-13-34-30(28)27-9-7-6-8-24(27)16-37-33-40-32(36-18-26-17-35-21(4)43-26)39-31-29(20(2)3)19-38-41(31)33/h5-14,17,19-20H,1,15-16,18H2,2-4H3,(H2,36,37,39,40). The summed E-state index contributed by atoms with van der Waals surface area (Å²) < 4.78 is 1.77. The number of nitrogens with zero attached hydrogens (tertiary/aromatic N) is 6. The normalized spacial score (nSPS) is 11.3. The number of nitrogens with one attached hydrogen (secondary N) is 2. The lowest BCUT2D eigenvalue weighted by Crippen LogP contribution is -2.12. The number of rotatable bonds is 11. The number of hydrogen-bond donors (Lipinski definition) is 2. The van der Waals surface area contributed by atoms with E-state index < -0.39 is 0 Å². The Labute approximate surface area is 253 Å². The smallest absolute Gasteiger partial charge is 0.229 e. The maximum atomic E-state index is 11.9. The van der Waals surface area contributed by atoms with Crippen LogP contribution >= 0.6 is 11.3 Å². The van der Waals surface area contributed by atoms with Crippen LogP contribution in [0.5, 0.6) is 0 Å². The fraction of sp³-hybridized carbons (Fsp3) is 0.212. The lowest BCUT2D eigenvalue weighted by molar-refractivity contribution is -0.114. The Kier molecular flexibility index (Phi) is 7.93. The number of thiazole rings is 1. The molecular weight excluding hydrogens is 556 g/mol. The molecule has 0 bridgehead atoms. The van der Waals surface area contributed by atoms with Crippen molar-refractivity contribution in [1.82, 2.24) is 29.5 Å². The van der Waals surface area contributed by atoms with E-state index in [4.69, 9.17) is 15.0 Å². The number of anilines is 2. The minimum Gasteiger partial charge on any atom is -0.350 e. The Morgan fingerprint density at radius 2 is 1.91 bits per heavy atom. The fourth-order valence-electron chi connectivity index (χ4n) is 5.05. The van der Waals surface area contributed by atoms with Gasteiger partial charge in [0.15, 0.2) is 11.4 Å². The van der Waals surface area contributed by atoms with Crippen LogP contribution in [-0.4, -0.2) is 35.3 Å². The number of hydrogen-bond acceptors (Lipinski definition) is 9. The van der Waals surface area contributed by atoms with Crippen LogP contribution in [0.4, 0.5) is 11.9 Å². The van der Waals surface area contributed by atoms with Gasteiger partial charge in [-0.05, 0) is 41.5 Å². The summed E-state index contributed by atoms with van der Waals surface area (Å²) in [6.07, 6.45) is 7.25. The van der Waals surface area contributed by atoms with Crippen molar-refractivity contribution in [2.24, 2.45) is 0 Å². The molecule has 0 aliphatic rings. The van der Waals surface area contributed by atoms with Crippen LogP contribution in [0.1, 0.15) is 46.3 Å². The molecule has 0 aliphatic carbocycles. The highest BCUT2D eigenvalue weighted by molar-refractivity contribution is 7.11. The van der Waals surface area contributed by atoms with Gasteiger partial charge in [0.2, 0.25) is 11.9 Å². The lowest BCUT2D eigenvalue weighted by atomic mass is 9.97. The average Bonchev–Trinajstić information content (AvgIpc) is 3.64. The van der Waals surface area contributed by atoms with E-state index in [1.165, 1.54) is 6.08 Å². The van der Waals surface area contributed by atoms with Gasteiger partial charge in [0.1, 0.15) is 0 Å². The topological polar surface area (TPSA) is 110 Å². The van der Waals surface area contributed by atoms with Crippen molar-refractivity contribution in [2.75, 3.05) is 10.6 Å². The zero-order chi connectivity index (χ0) is 29.9. The number of aryl methyl sites for hydroxylation is 1. The molecule has 0 unspecified atom stereocenters. The fourth-order valence-corrected chi connectivity index (χ4v) is 5.79. The molecule has 9 nitrogen and oxygen atoms in total. The summed E-state index contributed by atoms with van der Waals surface area (Å²) in [6.45, 7) is 10.9. The highest BCUT2D eigenvalue weighted by atomic mass is 32.1. The lowest BCUT2D eigenvalue weighted by Gasteiger charge is -2.14. The third-order valence-electron chi connectivity index (χ3n) is 7.25. The van der Waals surface area contributed by atoms with E-state index in [9.17, 15) is 4.79 Å². The third kappa shape index (κ3) is 6.00. The molecule has 2 N–H and O–H groups in total. The molecule has 2 aromatic carbocycles. The maximum absolute atomic E-state index is 11.9. The zero-order valence-electron chi connectivity index (χ0n) is 24.3. The number of allylic oxidation sites excluding steroid dienone is 1. The Morgan fingerprint density at radius 3 is 2.70 bits per heavy atom. The van der Waals surface area contributed by atoms with Crippen molar-refractivity contribution in [3.05, 3.63) is 106 Å². The molecule has 4 heterocycles. The first kappa shape index (κ1) is 28.2. The number of aromatic nitrogens is 6. The van der Waals surface area contributed by atoms with Gasteiger partial charge in [0, 0.05) is 46.7 Å². The number of ketones is 1. The summed E-state index contributed by atoms with van der Waals surface area (Å²) in [5.41, 5.74) is 5.73. The van der Waals surface area contributed by atoms with E-state index in [1.54, 1.807) is 15.9 Å². The molecule has 0 saturated carbocycles. The van der Waals surface area contributed by atoms with E-state index in [-0.39, 0.29) is 11.7 Å². The molecule has 0 amide bonds. The predicted octanol–water partition coefficient (Wildman–Crippen LogP) is 6.75. The molecule has 6 aromatic rings. The van der Waals surface area contributed by atoms with E-state index >= 15 is 0 Å². The molecule has 0 aliphatic heterocycles. The van der Waals surface area contributed by atoms with Crippen LogP contribution in [0.25, 0.3) is 27.7 Å². The van der Waals surface area contributed by atoms with Crippen LogP contribution in [-0.2, 0) is 24.3 Å². The molecule has 10 heteroatoms. The van der Waals surface area contributed by atoms with Gasteiger partial charge in [-0.25, -0.2) is 4.98 Å². The number of carbonyl (C=O) groups is 1. The van der Waals surface area contributed by atoms with Gasteiger partial charge in [-0.15, -0.1) is 11.3 Å². The molecule has 0 atom stereocenters. The van der Waals surface area contributed by atoms with Gasteiger partial charge in [-0.2, -0.15) is 19.6 Å².